The maximum Gasteiger partial charge on any atom is 0.329 e. The van der Waals surface area contributed by atoms with Crippen LogP contribution < -0.4 is 15.5 Å². The number of hydrogen-bond acceptors (Lipinski definition) is 3. The lowest BCUT2D eigenvalue weighted by Gasteiger charge is -2.43. The van der Waals surface area contributed by atoms with Gasteiger partial charge in [-0.3, -0.25) is 9.69 Å². The number of rotatable bonds is 3. The van der Waals surface area contributed by atoms with Crippen molar-refractivity contribution in [3.63, 3.8) is 0 Å². The Hall–Kier alpha value is -2.28. The van der Waals surface area contributed by atoms with Gasteiger partial charge in [-0.2, -0.15) is 0 Å². The van der Waals surface area contributed by atoms with Gasteiger partial charge in [0.25, 0.3) is 11.6 Å². The minimum absolute atomic E-state index is 0.0342. The number of anilines is 2. The Morgan fingerprint density at radius 2 is 1.83 bits per heavy atom. The van der Waals surface area contributed by atoms with Crippen molar-refractivity contribution in [2.45, 2.75) is 43.9 Å². The van der Waals surface area contributed by atoms with Gasteiger partial charge in [0.15, 0.2) is 0 Å². The number of benzene rings is 2. The van der Waals surface area contributed by atoms with Gasteiger partial charge < -0.3 is 15.7 Å². The first-order chi connectivity index (χ1) is 13.9. The van der Waals surface area contributed by atoms with E-state index in [1.165, 1.54) is 12.1 Å². The molecule has 1 atom stereocenters. The minimum Gasteiger partial charge on any atom is -0.359 e. The van der Waals surface area contributed by atoms with Gasteiger partial charge in [0.1, 0.15) is 0 Å². The Balaban J connectivity index is 1.80. The number of para-hydroxylation sites is 1. The second-order valence-electron chi connectivity index (χ2n) is 7.39. The summed E-state index contributed by atoms with van der Waals surface area (Å²) in [7, 11) is 0. The fourth-order valence-electron chi connectivity index (χ4n) is 4.02. The number of amides is 3. The second kappa shape index (κ2) is 7.86. The van der Waals surface area contributed by atoms with Gasteiger partial charge in [-0.1, -0.05) is 60.7 Å². The zero-order chi connectivity index (χ0) is 20.6. The third-order valence-corrected chi connectivity index (χ3v) is 6.23. The molecule has 2 aromatic rings. The minimum atomic E-state index is -2.23. The van der Waals surface area contributed by atoms with Crippen LogP contribution in [-0.2, 0) is 10.5 Å². The quantitative estimate of drug-likeness (QED) is 0.659. The van der Waals surface area contributed by atoms with Crippen LogP contribution in [0.25, 0.3) is 0 Å². The van der Waals surface area contributed by atoms with Crippen molar-refractivity contribution in [3.8, 4) is 0 Å². The molecule has 3 amide bonds. The summed E-state index contributed by atoms with van der Waals surface area (Å²) in [5.74, 6) is -0.641. The lowest BCUT2D eigenvalue weighted by Crippen LogP contribution is -2.63. The van der Waals surface area contributed by atoms with Gasteiger partial charge >= 0.3 is 6.03 Å². The van der Waals surface area contributed by atoms with E-state index in [0.717, 1.165) is 37.0 Å². The normalized spacial score (nSPS) is 22.0. The van der Waals surface area contributed by atoms with Crippen molar-refractivity contribution in [2.24, 2.45) is 0 Å². The van der Waals surface area contributed by atoms with Gasteiger partial charge in [-0.15, -0.1) is 0 Å². The van der Waals surface area contributed by atoms with E-state index in [9.17, 15) is 14.7 Å². The Bertz CT molecular complexity index is 962. The summed E-state index contributed by atoms with van der Waals surface area (Å²) >= 11 is 12.1. The number of urea groups is 1. The van der Waals surface area contributed by atoms with Gasteiger partial charge in [-0.25, -0.2) is 4.79 Å². The molecule has 1 saturated carbocycles. The molecule has 0 spiro atoms. The van der Waals surface area contributed by atoms with Gasteiger partial charge in [0.05, 0.1) is 21.4 Å². The third kappa shape index (κ3) is 3.56. The Kier molecular flexibility index (Phi) is 5.42. The van der Waals surface area contributed by atoms with Crippen molar-refractivity contribution in [1.29, 1.82) is 0 Å². The SMILES string of the molecule is O=C1Nc2ccccc2[C@@](O)(C(=O)NC2CCCCC2)N1c1ccc(Cl)c(Cl)c1. The summed E-state index contributed by atoms with van der Waals surface area (Å²) in [5.41, 5.74) is -1.30. The monoisotopic (exact) mass is 433 g/mol. The van der Waals surface area contributed by atoms with E-state index in [0.29, 0.717) is 16.3 Å². The molecule has 1 heterocycles. The van der Waals surface area contributed by atoms with Crippen LogP contribution in [0.3, 0.4) is 0 Å². The van der Waals surface area contributed by atoms with Gasteiger partial charge in [-0.05, 0) is 37.1 Å². The highest BCUT2D eigenvalue weighted by molar-refractivity contribution is 6.42. The summed E-state index contributed by atoms with van der Waals surface area (Å²) in [6.07, 6.45) is 4.88. The molecule has 0 aromatic heterocycles. The average molecular weight is 434 g/mol. The van der Waals surface area contributed by atoms with E-state index in [1.807, 2.05) is 0 Å². The molecule has 3 N–H and O–H groups in total. The molecule has 152 valence electrons. The molecule has 2 aromatic carbocycles. The molecule has 0 unspecified atom stereocenters. The van der Waals surface area contributed by atoms with Crippen molar-refractivity contribution in [3.05, 3.63) is 58.1 Å². The molecule has 0 saturated heterocycles. The van der Waals surface area contributed by atoms with E-state index in [1.54, 1.807) is 30.3 Å². The molecular weight excluding hydrogens is 413 g/mol. The standard InChI is InChI=1S/C21H21Cl2N3O3/c22-16-11-10-14(12-17(16)23)26-20(28)25-18-9-5-4-8-15(18)21(26,29)19(27)24-13-6-2-1-3-7-13/h4-5,8-13,29H,1-3,6-7H2,(H,24,27)(H,25,28)/t21-/m1/s1. The number of fused-ring (bicyclic) bond motifs is 1. The van der Waals surface area contributed by atoms with Gasteiger partial charge in [0, 0.05) is 11.6 Å². The van der Waals surface area contributed by atoms with E-state index < -0.39 is 17.7 Å². The molecule has 1 aliphatic carbocycles. The van der Waals surface area contributed by atoms with Crippen LogP contribution in [0.1, 0.15) is 37.7 Å². The predicted octanol–water partition coefficient (Wildman–Crippen LogP) is 4.64. The second-order valence-corrected chi connectivity index (χ2v) is 8.20. The van der Waals surface area contributed by atoms with Crippen molar-refractivity contribution < 1.29 is 14.7 Å². The molecule has 2 aliphatic rings. The first-order valence-corrected chi connectivity index (χ1v) is 10.4. The van der Waals surface area contributed by atoms with Crippen LogP contribution in [0.5, 0.6) is 0 Å². The number of carbonyl (C=O) groups is 2. The topological polar surface area (TPSA) is 81.7 Å². The molecule has 0 radical (unpaired) electrons. The molecule has 1 fully saturated rings. The van der Waals surface area contributed by atoms with Crippen molar-refractivity contribution in [1.82, 2.24) is 5.32 Å². The van der Waals surface area contributed by atoms with Gasteiger partial charge in [0.2, 0.25) is 0 Å². The highest BCUT2D eigenvalue weighted by Crippen LogP contribution is 2.41. The number of aliphatic hydroxyl groups is 1. The number of hydrogen-bond donors (Lipinski definition) is 3. The van der Waals surface area contributed by atoms with E-state index in [-0.39, 0.29) is 16.8 Å². The van der Waals surface area contributed by atoms with E-state index >= 15 is 0 Å². The molecule has 0 bridgehead atoms. The Morgan fingerprint density at radius 1 is 1.10 bits per heavy atom. The molecule has 4 rings (SSSR count). The first-order valence-electron chi connectivity index (χ1n) is 9.60. The zero-order valence-corrected chi connectivity index (χ0v) is 17.1. The smallest absolute Gasteiger partial charge is 0.329 e. The summed E-state index contributed by atoms with van der Waals surface area (Å²) in [5, 5.41) is 17.9. The van der Waals surface area contributed by atoms with Crippen LogP contribution in [0.2, 0.25) is 10.0 Å². The predicted molar refractivity (Wildman–Crippen MR) is 113 cm³/mol. The molecule has 1 aliphatic heterocycles. The number of nitrogens with one attached hydrogen (secondary N) is 2. The van der Waals surface area contributed by atoms with Crippen molar-refractivity contribution in [2.75, 3.05) is 10.2 Å². The number of halogens is 2. The van der Waals surface area contributed by atoms with Crippen molar-refractivity contribution >= 4 is 46.5 Å². The van der Waals surface area contributed by atoms with Crippen LogP contribution in [0.15, 0.2) is 42.5 Å². The average Bonchev–Trinajstić information content (AvgIpc) is 2.71. The molecule has 8 heteroatoms. The fraction of sp³-hybridized carbons (Fsp3) is 0.333. The maximum absolute atomic E-state index is 13.4. The Labute approximate surface area is 178 Å². The fourth-order valence-corrected chi connectivity index (χ4v) is 4.31. The first kappa shape index (κ1) is 20.0. The van der Waals surface area contributed by atoms with E-state index in [2.05, 4.69) is 10.6 Å². The lowest BCUT2D eigenvalue weighted by molar-refractivity contribution is -0.141. The number of nitrogens with zero attached hydrogens (tertiary/aromatic N) is 1. The van der Waals surface area contributed by atoms with Crippen LogP contribution in [0.4, 0.5) is 16.2 Å². The lowest BCUT2D eigenvalue weighted by atomic mass is 9.92. The van der Waals surface area contributed by atoms with Crippen LogP contribution in [0, 0.1) is 0 Å². The van der Waals surface area contributed by atoms with Crippen LogP contribution >= 0.6 is 23.2 Å². The summed E-state index contributed by atoms with van der Waals surface area (Å²) in [6.45, 7) is 0. The summed E-state index contributed by atoms with van der Waals surface area (Å²) < 4.78 is 0. The summed E-state index contributed by atoms with van der Waals surface area (Å²) in [6, 6.07) is 10.6. The van der Waals surface area contributed by atoms with E-state index in [4.69, 9.17) is 23.2 Å². The largest absolute Gasteiger partial charge is 0.359 e. The maximum atomic E-state index is 13.4. The number of carbonyl (C=O) groups excluding carboxylic acids is 2. The summed E-state index contributed by atoms with van der Waals surface area (Å²) in [4.78, 5) is 27.4. The highest BCUT2D eigenvalue weighted by atomic mass is 35.5. The third-order valence-electron chi connectivity index (χ3n) is 5.49. The molecule has 29 heavy (non-hydrogen) atoms. The molecule has 6 nitrogen and oxygen atoms in total. The zero-order valence-electron chi connectivity index (χ0n) is 15.6. The molecular formula is C21H21Cl2N3O3. The van der Waals surface area contributed by atoms with Crippen LogP contribution in [-0.4, -0.2) is 23.1 Å². The highest BCUT2D eigenvalue weighted by Gasteiger charge is 2.52. The Morgan fingerprint density at radius 3 is 2.55 bits per heavy atom.